The normalized spacial score (nSPS) is 10.9. The van der Waals surface area contributed by atoms with Crippen LogP contribution in [-0.2, 0) is 7.05 Å². The van der Waals surface area contributed by atoms with E-state index in [0.29, 0.717) is 38.6 Å². The van der Waals surface area contributed by atoms with E-state index < -0.39 is 5.97 Å². The molecule has 2 heterocycles. The Morgan fingerprint density at radius 1 is 1.21 bits per heavy atom. The third kappa shape index (κ3) is 3.82. The maximum atomic E-state index is 11.4. The Bertz CT molecular complexity index is 1220. The number of tetrazole rings is 1. The van der Waals surface area contributed by atoms with Gasteiger partial charge in [-0.25, -0.2) is 9.78 Å². The highest BCUT2D eigenvalue weighted by Gasteiger charge is 2.19. The summed E-state index contributed by atoms with van der Waals surface area (Å²) in [5.74, 6) is 0.343. The lowest BCUT2D eigenvalue weighted by Crippen LogP contribution is -1.94. The van der Waals surface area contributed by atoms with Gasteiger partial charge in [0.15, 0.2) is 0 Å². The smallest absolute Gasteiger partial charge is 0.347 e. The summed E-state index contributed by atoms with van der Waals surface area (Å²) in [6, 6.07) is 12.5. The molecule has 0 unspecified atom stereocenters. The van der Waals surface area contributed by atoms with Crippen LogP contribution in [0.15, 0.2) is 42.5 Å². The SMILES string of the molecule is Cc1nc(-c2ccc(Oc3ccccc3Cl)c(-c3nnn(C)n3)c2)sc1C(=O)O. The van der Waals surface area contributed by atoms with Gasteiger partial charge in [0.2, 0.25) is 5.82 Å². The summed E-state index contributed by atoms with van der Waals surface area (Å²) >= 11 is 7.32. The van der Waals surface area contributed by atoms with Gasteiger partial charge >= 0.3 is 5.97 Å². The van der Waals surface area contributed by atoms with Gasteiger partial charge < -0.3 is 9.84 Å². The quantitative estimate of drug-likeness (QED) is 0.501. The van der Waals surface area contributed by atoms with Gasteiger partial charge in [-0.05, 0) is 42.5 Å². The van der Waals surface area contributed by atoms with Crippen molar-refractivity contribution in [3.05, 3.63) is 58.1 Å². The van der Waals surface area contributed by atoms with Gasteiger partial charge in [0.1, 0.15) is 21.4 Å². The zero-order valence-corrected chi connectivity index (χ0v) is 16.9. The Balaban J connectivity index is 1.81. The van der Waals surface area contributed by atoms with Crippen LogP contribution in [0.5, 0.6) is 11.5 Å². The fourth-order valence-electron chi connectivity index (χ4n) is 2.68. The van der Waals surface area contributed by atoms with Crippen molar-refractivity contribution in [2.75, 3.05) is 0 Å². The predicted molar refractivity (Wildman–Crippen MR) is 109 cm³/mol. The van der Waals surface area contributed by atoms with Gasteiger partial charge in [-0.15, -0.1) is 21.5 Å². The highest BCUT2D eigenvalue weighted by molar-refractivity contribution is 7.17. The molecule has 0 amide bonds. The maximum absolute atomic E-state index is 11.4. The van der Waals surface area contributed by atoms with Gasteiger partial charge in [0.25, 0.3) is 0 Å². The van der Waals surface area contributed by atoms with Crippen molar-refractivity contribution in [3.8, 4) is 33.5 Å². The molecule has 0 fully saturated rings. The molecule has 0 spiro atoms. The first-order chi connectivity index (χ1) is 13.9. The van der Waals surface area contributed by atoms with Crippen LogP contribution in [0.2, 0.25) is 5.02 Å². The monoisotopic (exact) mass is 427 g/mol. The molecule has 2 aromatic carbocycles. The molecule has 4 aromatic rings. The number of rotatable bonds is 5. The van der Waals surface area contributed by atoms with Crippen LogP contribution in [0.3, 0.4) is 0 Å². The number of halogens is 1. The first-order valence-corrected chi connectivity index (χ1v) is 9.63. The van der Waals surface area contributed by atoms with Crippen molar-refractivity contribution in [3.63, 3.8) is 0 Å². The summed E-state index contributed by atoms with van der Waals surface area (Å²) in [7, 11) is 1.66. The minimum absolute atomic E-state index is 0.204. The van der Waals surface area contributed by atoms with Crippen molar-refractivity contribution < 1.29 is 14.6 Å². The Hall–Kier alpha value is -3.30. The fourth-order valence-corrected chi connectivity index (χ4v) is 3.76. The number of benzene rings is 2. The molecule has 8 nitrogen and oxygen atoms in total. The fraction of sp³-hybridized carbons (Fsp3) is 0.105. The molecule has 0 radical (unpaired) electrons. The van der Waals surface area contributed by atoms with Crippen LogP contribution >= 0.6 is 22.9 Å². The van der Waals surface area contributed by atoms with Crippen molar-refractivity contribution in [1.82, 2.24) is 25.2 Å². The number of hydrogen-bond acceptors (Lipinski definition) is 7. The number of carboxylic acids is 1. The number of aryl methyl sites for hydroxylation is 2. The van der Waals surface area contributed by atoms with E-state index in [-0.39, 0.29) is 4.88 Å². The minimum Gasteiger partial charge on any atom is -0.477 e. The average molecular weight is 428 g/mol. The first kappa shape index (κ1) is 19.0. The number of aromatic carboxylic acids is 1. The zero-order valence-electron chi connectivity index (χ0n) is 15.3. The maximum Gasteiger partial charge on any atom is 0.347 e. The van der Waals surface area contributed by atoms with Crippen LogP contribution < -0.4 is 4.74 Å². The van der Waals surface area contributed by atoms with E-state index in [1.54, 1.807) is 44.3 Å². The van der Waals surface area contributed by atoms with E-state index >= 15 is 0 Å². The molecule has 29 heavy (non-hydrogen) atoms. The van der Waals surface area contributed by atoms with Gasteiger partial charge in [-0.3, -0.25) is 0 Å². The summed E-state index contributed by atoms with van der Waals surface area (Å²) < 4.78 is 6.00. The Morgan fingerprint density at radius 3 is 2.66 bits per heavy atom. The molecule has 146 valence electrons. The lowest BCUT2D eigenvalue weighted by molar-refractivity contribution is 0.0701. The van der Waals surface area contributed by atoms with Gasteiger partial charge in [0, 0.05) is 5.56 Å². The van der Waals surface area contributed by atoms with Crippen LogP contribution in [0.4, 0.5) is 0 Å². The van der Waals surface area contributed by atoms with Crippen molar-refractivity contribution in [2.24, 2.45) is 7.05 Å². The first-order valence-electron chi connectivity index (χ1n) is 8.44. The molecule has 2 aromatic heterocycles. The van der Waals surface area contributed by atoms with E-state index in [1.807, 2.05) is 12.1 Å². The number of nitrogens with zero attached hydrogens (tertiary/aromatic N) is 5. The summed E-state index contributed by atoms with van der Waals surface area (Å²) in [4.78, 5) is 17.3. The minimum atomic E-state index is -0.999. The molecular weight excluding hydrogens is 414 g/mol. The standard InChI is InChI=1S/C19H14ClN5O3S/c1-10-16(19(26)27)29-18(21-10)11-7-8-14(28-15-6-4-3-5-13(15)20)12(9-11)17-22-24-25(2)23-17/h3-9H,1-2H3,(H,26,27). The average Bonchev–Trinajstić information content (AvgIpc) is 3.30. The molecule has 0 aliphatic heterocycles. The van der Waals surface area contributed by atoms with Crippen molar-refractivity contribution in [2.45, 2.75) is 6.92 Å². The Labute approximate surface area is 174 Å². The Morgan fingerprint density at radius 2 is 2.00 bits per heavy atom. The van der Waals surface area contributed by atoms with Crippen LogP contribution in [0.25, 0.3) is 22.0 Å². The summed E-state index contributed by atoms with van der Waals surface area (Å²) in [5, 5.41) is 22.6. The molecule has 4 rings (SSSR count). The molecule has 0 atom stereocenters. The number of aromatic nitrogens is 5. The molecule has 1 N–H and O–H groups in total. The van der Waals surface area contributed by atoms with Gasteiger partial charge in [0.05, 0.1) is 23.3 Å². The van der Waals surface area contributed by atoms with Gasteiger partial charge in [-0.1, -0.05) is 23.7 Å². The zero-order chi connectivity index (χ0) is 20.5. The van der Waals surface area contributed by atoms with Crippen LogP contribution in [0.1, 0.15) is 15.4 Å². The molecular formula is C19H14ClN5O3S. The molecule has 0 aliphatic rings. The van der Waals surface area contributed by atoms with E-state index in [9.17, 15) is 9.90 Å². The van der Waals surface area contributed by atoms with E-state index in [0.717, 1.165) is 16.9 Å². The number of carboxylic acid groups (broad SMARTS) is 1. The number of hydrogen-bond donors (Lipinski definition) is 1. The Kier molecular flexibility index (Phi) is 4.99. The predicted octanol–water partition coefficient (Wildman–Crippen LogP) is 4.45. The highest BCUT2D eigenvalue weighted by atomic mass is 35.5. The topological polar surface area (TPSA) is 103 Å². The summed E-state index contributed by atoms with van der Waals surface area (Å²) in [6.07, 6.45) is 0. The lowest BCUT2D eigenvalue weighted by atomic mass is 10.1. The third-order valence-electron chi connectivity index (χ3n) is 4.02. The summed E-state index contributed by atoms with van der Waals surface area (Å²) in [6.45, 7) is 1.67. The largest absolute Gasteiger partial charge is 0.477 e. The van der Waals surface area contributed by atoms with Crippen LogP contribution in [0, 0.1) is 6.92 Å². The van der Waals surface area contributed by atoms with E-state index in [4.69, 9.17) is 16.3 Å². The van der Waals surface area contributed by atoms with Gasteiger partial charge in [-0.2, -0.15) is 4.80 Å². The lowest BCUT2D eigenvalue weighted by Gasteiger charge is -2.11. The molecule has 10 heteroatoms. The number of thiazole rings is 1. The number of ether oxygens (including phenoxy) is 1. The second-order valence-corrected chi connectivity index (χ2v) is 7.49. The second kappa shape index (κ2) is 7.61. The van der Waals surface area contributed by atoms with Crippen LogP contribution in [-0.4, -0.2) is 36.3 Å². The molecule has 0 saturated heterocycles. The van der Waals surface area contributed by atoms with E-state index in [2.05, 4.69) is 20.4 Å². The molecule has 0 saturated carbocycles. The number of carbonyl (C=O) groups is 1. The third-order valence-corrected chi connectivity index (χ3v) is 5.53. The van der Waals surface area contributed by atoms with Crippen molar-refractivity contribution in [1.29, 1.82) is 0 Å². The summed E-state index contributed by atoms with van der Waals surface area (Å²) in [5.41, 5.74) is 1.77. The molecule has 0 bridgehead atoms. The highest BCUT2D eigenvalue weighted by Crippen LogP contribution is 2.38. The second-order valence-electron chi connectivity index (χ2n) is 6.08. The van der Waals surface area contributed by atoms with Crippen molar-refractivity contribution >= 4 is 28.9 Å². The number of para-hydroxylation sites is 1. The molecule has 0 aliphatic carbocycles. The van der Waals surface area contributed by atoms with E-state index in [1.165, 1.54) is 4.80 Å².